The number of nitrogens with zero attached hydrogens (tertiary/aromatic N) is 3. The van der Waals surface area contributed by atoms with Crippen molar-refractivity contribution < 1.29 is 14.1 Å². The monoisotopic (exact) mass is 552 g/mol. The molecule has 202 valence electrons. The van der Waals surface area contributed by atoms with Gasteiger partial charge in [-0.05, 0) is 68.8 Å². The van der Waals surface area contributed by atoms with Crippen LogP contribution in [-0.4, -0.2) is 40.4 Å². The molecule has 7 nitrogen and oxygen atoms in total. The lowest BCUT2D eigenvalue weighted by Crippen LogP contribution is -2.28. The molecule has 0 radical (unpaired) electrons. The van der Waals surface area contributed by atoms with E-state index < -0.39 is 0 Å². The summed E-state index contributed by atoms with van der Waals surface area (Å²) in [6.45, 7) is 6.34. The van der Waals surface area contributed by atoms with E-state index >= 15 is 0 Å². The Labute approximate surface area is 237 Å². The molecule has 0 saturated heterocycles. The zero-order valence-electron chi connectivity index (χ0n) is 22.8. The number of hydrogen-bond acceptors (Lipinski definition) is 5. The van der Waals surface area contributed by atoms with Crippen LogP contribution in [0.4, 0.5) is 5.69 Å². The van der Waals surface area contributed by atoms with E-state index in [0.29, 0.717) is 40.5 Å². The number of amides is 2. The van der Waals surface area contributed by atoms with E-state index in [2.05, 4.69) is 10.5 Å². The second-order valence-corrected chi connectivity index (χ2v) is 10.4. The van der Waals surface area contributed by atoms with E-state index in [1.807, 2.05) is 57.2 Å². The minimum absolute atomic E-state index is 0.121. The maximum Gasteiger partial charge on any atom is 0.256 e. The van der Waals surface area contributed by atoms with Crippen LogP contribution in [0.2, 0.25) is 5.02 Å². The van der Waals surface area contributed by atoms with Gasteiger partial charge in [-0.3, -0.25) is 9.59 Å². The Kier molecular flexibility index (Phi) is 7.67. The largest absolute Gasteiger partial charge is 0.361 e. The number of hydrogen-bond donors (Lipinski definition) is 1. The summed E-state index contributed by atoms with van der Waals surface area (Å²) in [7, 11) is 1.75. The first-order valence-electron chi connectivity index (χ1n) is 13.0. The van der Waals surface area contributed by atoms with Crippen LogP contribution >= 0.6 is 11.6 Å². The summed E-state index contributed by atoms with van der Waals surface area (Å²) >= 11 is 6.47. The zero-order valence-corrected chi connectivity index (χ0v) is 23.5. The normalized spacial score (nSPS) is 11.0. The molecule has 3 aromatic carbocycles. The van der Waals surface area contributed by atoms with Crippen LogP contribution in [0.1, 0.15) is 43.3 Å². The maximum atomic E-state index is 13.6. The summed E-state index contributed by atoms with van der Waals surface area (Å²) in [5, 5.41) is 8.19. The first-order valence-corrected chi connectivity index (χ1v) is 13.3. The van der Waals surface area contributed by atoms with E-state index in [0.717, 1.165) is 39.0 Å². The lowest BCUT2D eigenvalue weighted by molar-refractivity contribution is 0.0794. The average molecular weight is 553 g/mol. The van der Waals surface area contributed by atoms with Gasteiger partial charge in [0.15, 0.2) is 0 Å². The number of carbonyl (C=O) groups excluding carboxylic acids is 2. The van der Waals surface area contributed by atoms with Crippen LogP contribution in [0.25, 0.3) is 22.2 Å². The van der Waals surface area contributed by atoms with Gasteiger partial charge < -0.3 is 14.7 Å². The molecule has 0 spiro atoms. The van der Waals surface area contributed by atoms with Crippen molar-refractivity contribution >= 4 is 40.0 Å². The highest BCUT2D eigenvalue weighted by molar-refractivity contribution is 6.33. The lowest BCUT2D eigenvalue weighted by Gasteiger charge is -2.17. The number of likely N-dealkylation sites (N-methyl/N-ethyl adjacent to an activating group) is 1. The number of nitrogens with one attached hydrogen (secondary N) is 1. The van der Waals surface area contributed by atoms with Crippen LogP contribution in [0, 0.1) is 20.8 Å². The third-order valence-electron chi connectivity index (χ3n) is 6.75. The second-order valence-electron chi connectivity index (χ2n) is 9.96. The van der Waals surface area contributed by atoms with Gasteiger partial charge >= 0.3 is 0 Å². The fourth-order valence-corrected chi connectivity index (χ4v) is 4.94. The number of carbonyl (C=O) groups is 2. The van der Waals surface area contributed by atoms with Crippen molar-refractivity contribution in [3.05, 3.63) is 112 Å². The Morgan fingerprint density at radius 3 is 2.42 bits per heavy atom. The molecule has 2 heterocycles. The van der Waals surface area contributed by atoms with Crippen LogP contribution < -0.4 is 5.32 Å². The quantitative estimate of drug-likeness (QED) is 0.234. The Bertz CT molecular complexity index is 1730. The van der Waals surface area contributed by atoms with E-state index in [9.17, 15) is 9.59 Å². The smallest absolute Gasteiger partial charge is 0.256 e. The first kappa shape index (κ1) is 27.1. The number of aromatic nitrogens is 2. The number of aryl methyl sites for hydroxylation is 3. The van der Waals surface area contributed by atoms with Crippen LogP contribution in [-0.2, 0) is 6.42 Å². The molecule has 1 N–H and O–H groups in total. The number of benzene rings is 3. The minimum Gasteiger partial charge on any atom is -0.361 e. The SMILES string of the molecule is Cc1cc(C)c2nc(-c3ccccc3Cl)cc(C(=O)Nc3ccc(C(=O)N(C)CCc4cc(C)no4)cc3)c2c1. The summed E-state index contributed by atoms with van der Waals surface area (Å²) in [6.07, 6.45) is 0.576. The summed E-state index contributed by atoms with van der Waals surface area (Å²) in [5.74, 6) is 0.343. The van der Waals surface area contributed by atoms with Gasteiger partial charge in [0.25, 0.3) is 11.8 Å². The molecule has 40 heavy (non-hydrogen) atoms. The Balaban J connectivity index is 1.38. The highest BCUT2D eigenvalue weighted by Crippen LogP contribution is 2.32. The molecule has 0 aliphatic heterocycles. The molecule has 0 atom stereocenters. The van der Waals surface area contributed by atoms with Gasteiger partial charge in [0.2, 0.25) is 0 Å². The van der Waals surface area contributed by atoms with Gasteiger partial charge in [-0.1, -0.05) is 46.6 Å². The van der Waals surface area contributed by atoms with E-state index in [4.69, 9.17) is 21.1 Å². The van der Waals surface area contributed by atoms with Crippen LogP contribution in [0.3, 0.4) is 0 Å². The number of pyridine rings is 1. The van der Waals surface area contributed by atoms with Gasteiger partial charge in [0.1, 0.15) is 5.76 Å². The predicted octanol–water partition coefficient (Wildman–Crippen LogP) is 7.04. The molecular formula is C32H29ClN4O3. The van der Waals surface area contributed by atoms with Gasteiger partial charge in [-0.15, -0.1) is 0 Å². The maximum absolute atomic E-state index is 13.6. The van der Waals surface area contributed by atoms with Gasteiger partial charge in [0.05, 0.1) is 22.5 Å². The van der Waals surface area contributed by atoms with E-state index in [-0.39, 0.29) is 11.8 Å². The topological polar surface area (TPSA) is 88.3 Å². The van der Waals surface area contributed by atoms with Crippen LogP contribution in [0.5, 0.6) is 0 Å². The molecule has 0 aliphatic carbocycles. The Morgan fingerprint density at radius 1 is 0.975 bits per heavy atom. The highest BCUT2D eigenvalue weighted by atomic mass is 35.5. The van der Waals surface area contributed by atoms with Crippen molar-refractivity contribution in [3.63, 3.8) is 0 Å². The lowest BCUT2D eigenvalue weighted by atomic mass is 9.99. The molecular weight excluding hydrogens is 524 g/mol. The molecule has 0 bridgehead atoms. The molecule has 2 amide bonds. The molecule has 8 heteroatoms. The molecule has 2 aromatic heterocycles. The van der Waals surface area contributed by atoms with Gasteiger partial charge in [-0.25, -0.2) is 4.98 Å². The number of anilines is 1. The summed E-state index contributed by atoms with van der Waals surface area (Å²) in [4.78, 5) is 33.0. The summed E-state index contributed by atoms with van der Waals surface area (Å²) in [6, 6.07) is 22.0. The Hall–Kier alpha value is -4.49. The minimum atomic E-state index is -0.274. The fourth-order valence-electron chi connectivity index (χ4n) is 4.70. The number of fused-ring (bicyclic) bond motifs is 1. The third kappa shape index (κ3) is 5.75. The van der Waals surface area contributed by atoms with Crippen molar-refractivity contribution in [3.8, 4) is 11.3 Å². The zero-order chi connectivity index (χ0) is 28.4. The van der Waals surface area contributed by atoms with Crippen molar-refractivity contribution in [2.45, 2.75) is 27.2 Å². The molecule has 0 fully saturated rings. The highest BCUT2D eigenvalue weighted by Gasteiger charge is 2.18. The third-order valence-corrected chi connectivity index (χ3v) is 7.08. The van der Waals surface area contributed by atoms with Crippen molar-refractivity contribution in [2.75, 3.05) is 18.9 Å². The van der Waals surface area contributed by atoms with E-state index in [1.54, 1.807) is 48.3 Å². The van der Waals surface area contributed by atoms with E-state index in [1.165, 1.54) is 0 Å². The predicted molar refractivity (Wildman–Crippen MR) is 158 cm³/mol. The molecule has 0 aliphatic rings. The molecule has 5 aromatic rings. The Morgan fingerprint density at radius 2 is 1.73 bits per heavy atom. The van der Waals surface area contributed by atoms with Gasteiger partial charge in [0, 0.05) is 53.3 Å². The van der Waals surface area contributed by atoms with Crippen molar-refractivity contribution in [2.24, 2.45) is 0 Å². The second kappa shape index (κ2) is 11.3. The fraction of sp³-hybridized carbons (Fsp3) is 0.188. The summed E-state index contributed by atoms with van der Waals surface area (Å²) in [5.41, 5.74) is 6.55. The average Bonchev–Trinajstić information content (AvgIpc) is 3.36. The van der Waals surface area contributed by atoms with Gasteiger partial charge in [-0.2, -0.15) is 0 Å². The van der Waals surface area contributed by atoms with Crippen molar-refractivity contribution in [1.82, 2.24) is 15.0 Å². The molecule has 0 unspecified atom stereocenters. The van der Waals surface area contributed by atoms with Crippen LogP contribution in [0.15, 0.2) is 77.3 Å². The molecule has 5 rings (SSSR count). The number of halogens is 1. The standard InChI is InChI=1S/C32H29ClN4O3/c1-19-15-20(2)30-26(16-19)27(18-29(35-30)25-7-5-6-8-28(25)33)31(38)34-23-11-9-22(10-12-23)32(39)37(4)14-13-24-17-21(3)36-40-24/h5-12,15-18H,13-14H2,1-4H3,(H,34,38). The van der Waals surface area contributed by atoms with Crippen molar-refractivity contribution in [1.29, 1.82) is 0 Å². The first-order chi connectivity index (χ1) is 19.2. The summed E-state index contributed by atoms with van der Waals surface area (Å²) < 4.78 is 5.23. The number of rotatable bonds is 7. The molecule has 0 saturated carbocycles.